The van der Waals surface area contributed by atoms with Crippen molar-refractivity contribution in [3.63, 3.8) is 0 Å². The second kappa shape index (κ2) is 11.8. The Hall–Kier alpha value is -2.12. The number of nitrogens with zero attached hydrogens (tertiary/aromatic N) is 3. The Balaban J connectivity index is 1.83. The van der Waals surface area contributed by atoms with E-state index in [1.165, 1.54) is 0 Å². The van der Waals surface area contributed by atoms with Gasteiger partial charge >= 0.3 is 0 Å². The summed E-state index contributed by atoms with van der Waals surface area (Å²) >= 11 is 0. The summed E-state index contributed by atoms with van der Waals surface area (Å²) in [6.07, 6.45) is 0.826. The molecule has 1 atom stereocenters. The summed E-state index contributed by atoms with van der Waals surface area (Å²) in [6.45, 7) is 9.72. The van der Waals surface area contributed by atoms with Crippen LogP contribution >= 0.6 is 0 Å². The lowest BCUT2D eigenvalue weighted by molar-refractivity contribution is 0.00752. The van der Waals surface area contributed by atoms with E-state index in [4.69, 9.17) is 4.74 Å². The van der Waals surface area contributed by atoms with E-state index < -0.39 is 0 Å². The first-order chi connectivity index (χ1) is 13.9. The predicted octanol–water partition coefficient (Wildman–Crippen LogP) is 1.45. The van der Waals surface area contributed by atoms with Gasteiger partial charge in [0, 0.05) is 58.9 Å². The van der Waals surface area contributed by atoms with Gasteiger partial charge in [-0.1, -0.05) is 26.0 Å². The number of hydrogen-bond acceptors (Lipinski definition) is 4. The van der Waals surface area contributed by atoms with Gasteiger partial charge in [0.05, 0.1) is 13.2 Å². The van der Waals surface area contributed by atoms with Gasteiger partial charge in [0.1, 0.15) is 0 Å². The molecule has 29 heavy (non-hydrogen) atoms. The monoisotopic (exact) mass is 403 g/mol. The molecule has 0 spiro atoms. The molecule has 2 rings (SSSR count). The lowest BCUT2D eigenvalue weighted by Gasteiger charge is -2.37. The van der Waals surface area contributed by atoms with Crippen LogP contribution in [0.5, 0.6) is 0 Å². The van der Waals surface area contributed by atoms with Crippen molar-refractivity contribution < 1.29 is 9.53 Å². The van der Waals surface area contributed by atoms with Crippen molar-refractivity contribution in [2.75, 3.05) is 60.5 Å². The number of carbonyl (C=O) groups is 1. The molecule has 7 heteroatoms. The molecule has 1 unspecified atom stereocenters. The van der Waals surface area contributed by atoms with Gasteiger partial charge in [0.2, 0.25) is 0 Å². The number of ether oxygens (including phenoxy) is 1. The first kappa shape index (κ1) is 23.2. The summed E-state index contributed by atoms with van der Waals surface area (Å²) in [5.74, 6) is 1.39. The predicted molar refractivity (Wildman–Crippen MR) is 119 cm³/mol. The molecular formula is C22H37N5O2. The van der Waals surface area contributed by atoms with Crippen LogP contribution in [-0.4, -0.2) is 88.2 Å². The van der Waals surface area contributed by atoms with Gasteiger partial charge in [-0.25, -0.2) is 0 Å². The van der Waals surface area contributed by atoms with Gasteiger partial charge in [-0.05, 0) is 30.0 Å². The first-order valence-corrected chi connectivity index (χ1v) is 10.5. The number of rotatable bonds is 8. The maximum atomic E-state index is 12.1. The average molecular weight is 404 g/mol. The largest absolute Gasteiger partial charge is 0.379 e. The summed E-state index contributed by atoms with van der Waals surface area (Å²) in [7, 11) is 5.34. The minimum absolute atomic E-state index is 0.0279. The number of hydrogen-bond donors (Lipinski definition) is 2. The van der Waals surface area contributed by atoms with E-state index >= 15 is 0 Å². The molecule has 1 aliphatic rings. The van der Waals surface area contributed by atoms with E-state index in [0.717, 1.165) is 62.9 Å². The molecule has 0 saturated carbocycles. The van der Waals surface area contributed by atoms with Gasteiger partial charge in [-0.3, -0.25) is 14.7 Å². The number of carbonyl (C=O) groups excluding carboxylic acids is 1. The van der Waals surface area contributed by atoms with Crippen molar-refractivity contribution >= 4 is 11.9 Å². The summed E-state index contributed by atoms with van der Waals surface area (Å²) < 4.78 is 5.49. The number of nitrogens with one attached hydrogen (secondary N) is 2. The third-order valence-corrected chi connectivity index (χ3v) is 5.27. The van der Waals surface area contributed by atoms with Crippen LogP contribution in [0, 0.1) is 5.92 Å². The maximum Gasteiger partial charge on any atom is 0.253 e. The third-order valence-electron chi connectivity index (χ3n) is 5.27. The first-order valence-electron chi connectivity index (χ1n) is 10.5. The van der Waals surface area contributed by atoms with Gasteiger partial charge in [-0.2, -0.15) is 0 Å². The second-order valence-corrected chi connectivity index (χ2v) is 7.99. The van der Waals surface area contributed by atoms with Crippen LogP contribution in [0.2, 0.25) is 0 Å². The lowest BCUT2D eigenvalue weighted by atomic mass is 10.0. The number of benzene rings is 1. The van der Waals surface area contributed by atoms with Crippen molar-refractivity contribution in [3.05, 3.63) is 35.4 Å². The van der Waals surface area contributed by atoms with Crippen LogP contribution in [0.3, 0.4) is 0 Å². The van der Waals surface area contributed by atoms with Crippen LogP contribution in [0.4, 0.5) is 0 Å². The van der Waals surface area contributed by atoms with E-state index in [1.54, 1.807) is 26.0 Å². The molecule has 162 valence electrons. The lowest BCUT2D eigenvalue weighted by Crippen LogP contribution is -2.52. The Bertz CT molecular complexity index is 669. The minimum Gasteiger partial charge on any atom is -0.379 e. The molecular weight excluding hydrogens is 366 g/mol. The van der Waals surface area contributed by atoms with Crippen molar-refractivity contribution in [2.45, 2.75) is 26.3 Å². The highest BCUT2D eigenvalue weighted by molar-refractivity contribution is 5.94. The van der Waals surface area contributed by atoms with Crippen molar-refractivity contribution in [3.8, 4) is 0 Å². The summed E-state index contributed by atoms with van der Waals surface area (Å²) in [4.78, 5) is 20.6. The molecule has 0 aromatic heterocycles. The van der Waals surface area contributed by atoms with E-state index in [0.29, 0.717) is 12.0 Å². The Morgan fingerprint density at radius 3 is 2.59 bits per heavy atom. The SMILES string of the molecule is CN=C(NCCc1cccc(C(=O)N(C)C)c1)NCC(C(C)C)N1CCOCC1. The Morgan fingerprint density at radius 2 is 1.97 bits per heavy atom. The number of amides is 1. The normalized spacial score (nSPS) is 16.6. The molecule has 1 amide bonds. The zero-order valence-electron chi connectivity index (χ0n) is 18.6. The fraction of sp³-hybridized carbons (Fsp3) is 0.636. The molecule has 2 N–H and O–H groups in total. The van der Waals surface area contributed by atoms with Crippen molar-refractivity contribution in [1.29, 1.82) is 0 Å². The fourth-order valence-electron chi connectivity index (χ4n) is 3.56. The summed E-state index contributed by atoms with van der Waals surface area (Å²) in [6, 6.07) is 8.27. The zero-order valence-corrected chi connectivity index (χ0v) is 18.6. The number of morpholine rings is 1. The standard InChI is InChI=1S/C22H37N5O2/c1-17(2)20(27-11-13-29-14-12-27)16-25-22(23-3)24-10-9-18-7-6-8-19(15-18)21(28)26(4)5/h6-8,15,17,20H,9-14,16H2,1-5H3,(H2,23,24,25). The average Bonchev–Trinajstić information content (AvgIpc) is 2.72. The molecule has 0 aliphatic carbocycles. The van der Waals surface area contributed by atoms with E-state index in [2.05, 4.69) is 40.4 Å². The number of guanidine groups is 1. The van der Waals surface area contributed by atoms with Crippen molar-refractivity contribution in [2.24, 2.45) is 10.9 Å². The van der Waals surface area contributed by atoms with Gasteiger partial charge in [-0.15, -0.1) is 0 Å². The highest BCUT2D eigenvalue weighted by Gasteiger charge is 2.23. The molecule has 0 bridgehead atoms. The van der Waals surface area contributed by atoms with Crippen LogP contribution in [-0.2, 0) is 11.2 Å². The van der Waals surface area contributed by atoms with E-state index in [9.17, 15) is 4.79 Å². The molecule has 1 aliphatic heterocycles. The summed E-state index contributed by atoms with van der Waals surface area (Å²) in [5, 5.41) is 6.86. The van der Waals surface area contributed by atoms with E-state index in [-0.39, 0.29) is 5.91 Å². The quantitative estimate of drug-likeness (QED) is 0.508. The third kappa shape index (κ3) is 7.33. The Kier molecular flexibility index (Phi) is 9.41. The van der Waals surface area contributed by atoms with Crippen LogP contribution < -0.4 is 10.6 Å². The Labute approximate surface area is 175 Å². The highest BCUT2D eigenvalue weighted by atomic mass is 16.5. The topological polar surface area (TPSA) is 69.2 Å². The van der Waals surface area contributed by atoms with Gasteiger partial charge < -0.3 is 20.3 Å². The molecule has 1 saturated heterocycles. The molecule has 1 aromatic carbocycles. The van der Waals surface area contributed by atoms with Crippen LogP contribution in [0.25, 0.3) is 0 Å². The van der Waals surface area contributed by atoms with E-state index in [1.807, 2.05) is 18.2 Å². The molecule has 1 aromatic rings. The van der Waals surface area contributed by atoms with Gasteiger partial charge in [0.15, 0.2) is 5.96 Å². The molecule has 0 radical (unpaired) electrons. The Morgan fingerprint density at radius 1 is 1.24 bits per heavy atom. The summed E-state index contributed by atoms with van der Waals surface area (Å²) in [5.41, 5.74) is 1.86. The van der Waals surface area contributed by atoms with Gasteiger partial charge in [0.25, 0.3) is 5.91 Å². The minimum atomic E-state index is 0.0279. The fourth-order valence-corrected chi connectivity index (χ4v) is 3.56. The van der Waals surface area contributed by atoms with Crippen LogP contribution in [0.15, 0.2) is 29.3 Å². The number of aliphatic imine (C=N–C) groups is 1. The maximum absolute atomic E-state index is 12.1. The molecule has 1 heterocycles. The molecule has 7 nitrogen and oxygen atoms in total. The zero-order chi connectivity index (χ0) is 21.2. The van der Waals surface area contributed by atoms with Crippen molar-refractivity contribution in [1.82, 2.24) is 20.4 Å². The van der Waals surface area contributed by atoms with Crippen LogP contribution in [0.1, 0.15) is 29.8 Å². The highest BCUT2D eigenvalue weighted by Crippen LogP contribution is 2.12. The second-order valence-electron chi connectivity index (χ2n) is 7.99. The molecule has 1 fully saturated rings. The smallest absolute Gasteiger partial charge is 0.253 e.